The van der Waals surface area contributed by atoms with Gasteiger partial charge in [-0.2, -0.15) is 0 Å². The summed E-state index contributed by atoms with van der Waals surface area (Å²) in [6.45, 7) is 0.398. The average molecular weight is 578 g/mol. The van der Waals surface area contributed by atoms with Gasteiger partial charge in [-0.25, -0.2) is 9.78 Å². The number of amides is 3. The molecule has 0 aliphatic carbocycles. The van der Waals surface area contributed by atoms with E-state index < -0.39 is 47.9 Å². The first-order chi connectivity index (χ1) is 20.3. The van der Waals surface area contributed by atoms with Crippen LogP contribution in [0.3, 0.4) is 0 Å². The van der Waals surface area contributed by atoms with Gasteiger partial charge in [-0.15, -0.1) is 0 Å². The van der Waals surface area contributed by atoms with Crippen molar-refractivity contribution in [3.05, 3.63) is 90.0 Å². The number of carboxylic acids is 1. The molecule has 0 bridgehead atoms. The molecule has 1 aromatic heterocycles. The van der Waals surface area contributed by atoms with Crippen molar-refractivity contribution in [3.8, 4) is 0 Å². The predicted octanol–water partition coefficient (Wildman–Crippen LogP) is 0.433. The first-order valence-electron chi connectivity index (χ1n) is 13.9. The second-order valence-electron chi connectivity index (χ2n) is 10.1. The van der Waals surface area contributed by atoms with Crippen molar-refractivity contribution in [2.45, 2.75) is 62.7 Å². The van der Waals surface area contributed by atoms with Gasteiger partial charge in [-0.05, 0) is 36.9 Å². The molecule has 42 heavy (non-hydrogen) atoms. The lowest BCUT2D eigenvalue weighted by molar-refractivity contribution is -0.142. The van der Waals surface area contributed by atoms with Crippen molar-refractivity contribution in [3.63, 3.8) is 0 Å². The van der Waals surface area contributed by atoms with Gasteiger partial charge >= 0.3 is 5.97 Å². The van der Waals surface area contributed by atoms with Gasteiger partial charge in [0.2, 0.25) is 17.7 Å². The molecule has 0 radical (unpaired) electrons. The third kappa shape index (κ3) is 10.5. The van der Waals surface area contributed by atoms with Crippen LogP contribution in [-0.4, -0.2) is 69.5 Å². The van der Waals surface area contributed by atoms with Crippen molar-refractivity contribution in [2.24, 2.45) is 11.5 Å². The quantitative estimate of drug-likeness (QED) is 0.112. The highest BCUT2D eigenvalue weighted by Crippen LogP contribution is 2.09. The maximum atomic E-state index is 13.6. The number of H-pyrrole nitrogens is 1. The monoisotopic (exact) mass is 577 g/mol. The Bertz CT molecular complexity index is 1270. The van der Waals surface area contributed by atoms with Gasteiger partial charge in [-0.1, -0.05) is 60.7 Å². The van der Waals surface area contributed by atoms with Crippen LogP contribution in [0.5, 0.6) is 0 Å². The van der Waals surface area contributed by atoms with E-state index in [4.69, 9.17) is 11.5 Å². The molecule has 3 aromatic rings. The Morgan fingerprint density at radius 3 is 1.86 bits per heavy atom. The maximum absolute atomic E-state index is 13.6. The minimum Gasteiger partial charge on any atom is -0.480 e. The maximum Gasteiger partial charge on any atom is 0.326 e. The molecule has 3 rings (SSSR count). The van der Waals surface area contributed by atoms with E-state index in [9.17, 15) is 24.3 Å². The Labute approximate surface area is 244 Å². The molecule has 224 valence electrons. The molecule has 0 saturated heterocycles. The molecule has 12 heteroatoms. The molecule has 4 atom stereocenters. The summed E-state index contributed by atoms with van der Waals surface area (Å²) in [6, 6.07) is 13.8. The van der Waals surface area contributed by atoms with E-state index in [1.54, 1.807) is 30.5 Å². The first-order valence-corrected chi connectivity index (χ1v) is 13.9. The number of carboxylic acid groups (broad SMARTS) is 1. The smallest absolute Gasteiger partial charge is 0.326 e. The van der Waals surface area contributed by atoms with Gasteiger partial charge in [0.05, 0.1) is 12.4 Å². The summed E-state index contributed by atoms with van der Waals surface area (Å²) in [6.07, 6.45) is 4.83. The molecule has 3 amide bonds. The van der Waals surface area contributed by atoms with Gasteiger partial charge in [0, 0.05) is 31.2 Å². The molecule has 0 saturated carbocycles. The Balaban J connectivity index is 1.75. The fraction of sp³-hybridized carbons (Fsp3) is 0.367. The van der Waals surface area contributed by atoms with E-state index in [-0.39, 0.29) is 25.7 Å². The van der Waals surface area contributed by atoms with Gasteiger partial charge in [-0.3, -0.25) is 14.4 Å². The second kappa shape index (κ2) is 16.7. The number of imidazole rings is 1. The second-order valence-corrected chi connectivity index (χ2v) is 10.1. The summed E-state index contributed by atoms with van der Waals surface area (Å²) in [5.41, 5.74) is 13.9. The number of rotatable bonds is 17. The number of benzene rings is 2. The number of unbranched alkanes of at least 4 members (excludes halogenated alkanes) is 1. The third-order valence-electron chi connectivity index (χ3n) is 6.72. The topological polar surface area (TPSA) is 205 Å². The number of nitrogens with two attached hydrogens (primary N) is 2. The van der Waals surface area contributed by atoms with Crippen LogP contribution in [0.1, 0.15) is 36.1 Å². The summed E-state index contributed by atoms with van der Waals surface area (Å²) in [5.74, 6) is -2.97. The minimum absolute atomic E-state index is 0.0757. The summed E-state index contributed by atoms with van der Waals surface area (Å²) in [7, 11) is 0. The zero-order chi connectivity index (χ0) is 30.3. The fourth-order valence-corrected chi connectivity index (χ4v) is 4.42. The van der Waals surface area contributed by atoms with Crippen LogP contribution < -0.4 is 27.4 Å². The van der Waals surface area contributed by atoms with E-state index in [0.717, 1.165) is 11.1 Å². The lowest BCUT2D eigenvalue weighted by Gasteiger charge is -2.25. The van der Waals surface area contributed by atoms with Crippen LogP contribution in [-0.2, 0) is 38.4 Å². The molecule has 1 heterocycles. The highest BCUT2D eigenvalue weighted by atomic mass is 16.4. The lowest BCUT2D eigenvalue weighted by Crippen LogP contribution is -2.58. The number of carbonyl (C=O) groups is 4. The van der Waals surface area contributed by atoms with E-state index in [1.807, 2.05) is 36.4 Å². The molecule has 12 nitrogen and oxygen atoms in total. The number of hydrogen-bond donors (Lipinski definition) is 7. The fourth-order valence-electron chi connectivity index (χ4n) is 4.42. The number of nitrogens with zero attached hydrogens (tertiary/aromatic N) is 1. The highest BCUT2D eigenvalue weighted by molar-refractivity contribution is 5.94. The molecule has 0 spiro atoms. The third-order valence-corrected chi connectivity index (χ3v) is 6.72. The molecule has 4 unspecified atom stereocenters. The van der Waals surface area contributed by atoms with Crippen LogP contribution >= 0.6 is 0 Å². The zero-order valence-electron chi connectivity index (χ0n) is 23.4. The van der Waals surface area contributed by atoms with Crippen molar-refractivity contribution < 1.29 is 24.3 Å². The van der Waals surface area contributed by atoms with E-state index >= 15 is 0 Å². The van der Waals surface area contributed by atoms with E-state index in [0.29, 0.717) is 25.1 Å². The van der Waals surface area contributed by atoms with Crippen LogP contribution in [0.25, 0.3) is 0 Å². The van der Waals surface area contributed by atoms with E-state index in [1.165, 1.54) is 6.33 Å². The van der Waals surface area contributed by atoms with Gasteiger partial charge in [0.15, 0.2) is 0 Å². The summed E-state index contributed by atoms with van der Waals surface area (Å²) >= 11 is 0. The molecule has 0 aliphatic heterocycles. The summed E-state index contributed by atoms with van der Waals surface area (Å²) in [4.78, 5) is 58.7. The van der Waals surface area contributed by atoms with Crippen LogP contribution in [0, 0.1) is 0 Å². The lowest BCUT2D eigenvalue weighted by atomic mass is 10.0. The number of aromatic amines is 1. The molecule has 0 aliphatic rings. The van der Waals surface area contributed by atoms with Crippen LogP contribution in [0.2, 0.25) is 0 Å². The predicted molar refractivity (Wildman–Crippen MR) is 157 cm³/mol. The number of hydrogen-bond acceptors (Lipinski definition) is 7. The zero-order valence-corrected chi connectivity index (χ0v) is 23.4. The number of aromatic nitrogens is 2. The van der Waals surface area contributed by atoms with Gasteiger partial charge in [0.1, 0.15) is 18.1 Å². The van der Waals surface area contributed by atoms with Gasteiger partial charge in [0.25, 0.3) is 0 Å². The van der Waals surface area contributed by atoms with Crippen molar-refractivity contribution in [2.75, 3.05) is 6.54 Å². The van der Waals surface area contributed by atoms with Crippen LogP contribution in [0.4, 0.5) is 0 Å². The average Bonchev–Trinajstić information content (AvgIpc) is 3.50. The van der Waals surface area contributed by atoms with Crippen LogP contribution in [0.15, 0.2) is 73.2 Å². The number of aliphatic carboxylic acids is 1. The van der Waals surface area contributed by atoms with Crippen molar-refractivity contribution >= 4 is 23.7 Å². The SMILES string of the molecule is NCCCCC(NC(=O)C(Cc1ccccc1)NC(=O)C(N)Cc1cnc[nH]1)C(=O)NC(Cc1ccccc1)C(=O)O. The Kier molecular flexibility index (Phi) is 12.7. The molecule has 2 aromatic carbocycles. The van der Waals surface area contributed by atoms with Gasteiger partial charge < -0.3 is 37.5 Å². The molecular formula is C30H39N7O5. The first kappa shape index (κ1) is 32.0. The highest BCUT2D eigenvalue weighted by Gasteiger charge is 2.30. The number of nitrogens with one attached hydrogen (secondary N) is 4. The largest absolute Gasteiger partial charge is 0.480 e. The minimum atomic E-state index is -1.20. The normalized spacial score (nSPS) is 13.8. The summed E-state index contributed by atoms with van der Waals surface area (Å²) in [5, 5.41) is 17.8. The van der Waals surface area contributed by atoms with Crippen molar-refractivity contribution in [1.82, 2.24) is 25.9 Å². The Morgan fingerprint density at radius 2 is 1.31 bits per heavy atom. The standard InChI is InChI=1S/C30H39N7O5/c31-14-8-7-13-24(28(39)37-26(30(41)42)16-21-11-5-2-6-12-21)35-29(40)25(15-20-9-3-1-4-10-20)36-27(38)23(32)17-22-18-33-19-34-22/h1-6,9-12,18-19,23-26H,7-8,13-17,31-32H2,(H,33,34)(H,35,40)(H,36,38)(H,37,39)(H,41,42). The Hall–Kier alpha value is -4.55. The van der Waals surface area contributed by atoms with Crippen molar-refractivity contribution in [1.29, 1.82) is 0 Å². The molecular weight excluding hydrogens is 538 g/mol. The van der Waals surface area contributed by atoms with E-state index in [2.05, 4.69) is 25.9 Å². The molecule has 9 N–H and O–H groups in total. The Morgan fingerprint density at radius 1 is 0.762 bits per heavy atom. The summed E-state index contributed by atoms with van der Waals surface area (Å²) < 4.78 is 0. The molecule has 0 fully saturated rings. The number of carbonyl (C=O) groups excluding carboxylic acids is 3.